The number of amides is 3. The van der Waals surface area contributed by atoms with Crippen molar-refractivity contribution in [3.05, 3.63) is 48.6 Å². The van der Waals surface area contributed by atoms with Gasteiger partial charge >= 0.3 is 6.09 Å². The van der Waals surface area contributed by atoms with E-state index in [9.17, 15) is 19.5 Å². The third-order valence-corrected chi connectivity index (χ3v) is 3.56. The van der Waals surface area contributed by atoms with Gasteiger partial charge in [-0.15, -0.1) is 6.58 Å². The summed E-state index contributed by atoms with van der Waals surface area (Å²) < 4.78 is 5.00. The number of aliphatic hydroxyl groups excluding tert-OH is 1. The molecular weight excluding hydrogens is 338 g/mol. The van der Waals surface area contributed by atoms with Crippen LogP contribution in [0.15, 0.2) is 43.0 Å². The summed E-state index contributed by atoms with van der Waals surface area (Å²) >= 11 is 0. The van der Waals surface area contributed by atoms with Crippen molar-refractivity contribution in [2.75, 3.05) is 6.61 Å². The topological polar surface area (TPSA) is 131 Å². The van der Waals surface area contributed by atoms with E-state index in [1.165, 1.54) is 0 Å². The molecule has 5 N–H and O–H groups in total. The molecule has 3 amide bonds. The second-order valence-electron chi connectivity index (χ2n) is 5.62. The molecule has 0 heterocycles. The Balaban J connectivity index is 2.51. The van der Waals surface area contributed by atoms with Crippen molar-refractivity contribution in [3.8, 4) is 0 Å². The molecule has 0 aliphatic rings. The molecule has 1 rings (SSSR count). The zero-order chi connectivity index (χ0) is 19.4. The highest BCUT2D eigenvalue weighted by atomic mass is 16.5. The normalized spacial score (nSPS) is 12.5. The number of carbonyl (C=O) groups is 3. The number of hydrogen-bond donors (Lipinski definition) is 4. The minimum absolute atomic E-state index is 0.0257. The maximum Gasteiger partial charge on any atom is 0.408 e. The lowest BCUT2D eigenvalue weighted by Gasteiger charge is -2.20. The van der Waals surface area contributed by atoms with Crippen LogP contribution in [0, 0.1) is 0 Å². The van der Waals surface area contributed by atoms with E-state index < -0.39 is 36.6 Å². The van der Waals surface area contributed by atoms with Gasteiger partial charge in [-0.25, -0.2) is 4.79 Å². The van der Waals surface area contributed by atoms with Crippen molar-refractivity contribution < 1.29 is 24.2 Å². The van der Waals surface area contributed by atoms with E-state index in [-0.39, 0.29) is 6.61 Å². The monoisotopic (exact) mass is 363 g/mol. The molecule has 8 nitrogen and oxygen atoms in total. The first-order chi connectivity index (χ1) is 12.5. The molecule has 0 unspecified atom stereocenters. The summed E-state index contributed by atoms with van der Waals surface area (Å²) in [7, 11) is 0. The second-order valence-corrected chi connectivity index (χ2v) is 5.62. The highest BCUT2D eigenvalue weighted by molar-refractivity contribution is 5.90. The maximum absolute atomic E-state index is 12.2. The molecule has 0 aliphatic heterocycles. The summed E-state index contributed by atoms with van der Waals surface area (Å²) in [5, 5.41) is 14.0. The van der Waals surface area contributed by atoms with Gasteiger partial charge < -0.3 is 26.2 Å². The molecule has 0 saturated heterocycles. The Kier molecular flexibility index (Phi) is 9.48. The van der Waals surface area contributed by atoms with Crippen LogP contribution in [0.25, 0.3) is 0 Å². The Bertz CT molecular complexity index is 606. The third kappa shape index (κ3) is 7.80. The molecule has 26 heavy (non-hydrogen) atoms. The number of rotatable bonds is 11. The van der Waals surface area contributed by atoms with Crippen LogP contribution in [0.3, 0.4) is 0 Å². The van der Waals surface area contributed by atoms with E-state index in [4.69, 9.17) is 10.5 Å². The highest BCUT2D eigenvalue weighted by Crippen LogP contribution is 2.03. The van der Waals surface area contributed by atoms with Crippen molar-refractivity contribution in [2.45, 2.75) is 38.0 Å². The van der Waals surface area contributed by atoms with Crippen LogP contribution in [0.1, 0.15) is 24.8 Å². The lowest BCUT2D eigenvalue weighted by molar-refractivity contribution is -0.129. The average Bonchev–Trinajstić information content (AvgIpc) is 2.64. The smallest absolute Gasteiger partial charge is 0.408 e. The standard InChI is InChI=1S/C18H25N3O5/c1-2-3-5-10-14(16(19)23)20-17(24)15(11-22)21-18(25)26-12-13-8-6-4-7-9-13/h2,4,6-9,14-15,22H,1,3,5,10-12H2,(H2,19,23)(H,20,24)(H,21,25)/t14-,15+/m1/s1. The number of nitrogens with one attached hydrogen (secondary N) is 2. The van der Waals surface area contributed by atoms with Crippen molar-refractivity contribution in [2.24, 2.45) is 5.73 Å². The number of primary amides is 1. The number of nitrogens with two attached hydrogens (primary N) is 1. The summed E-state index contributed by atoms with van der Waals surface area (Å²) in [6, 6.07) is 6.86. The van der Waals surface area contributed by atoms with Gasteiger partial charge in [0.2, 0.25) is 11.8 Å². The maximum atomic E-state index is 12.2. The Morgan fingerprint density at radius 3 is 2.46 bits per heavy atom. The van der Waals surface area contributed by atoms with E-state index in [1.54, 1.807) is 30.3 Å². The number of alkyl carbamates (subject to hydrolysis) is 1. The number of ether oxygens (including phenoxy) is 1. The Morgan fingerprint density at radius 2 is 1.88 bits per heavy atom. The Morgan fingerprint density at radius 1 is 1.19 bits per heavy atom. The van der Waals surface area contributed by atoms with Crippen LogP contribution in [0.5, 0.6) is 0 Å². The molecule has 2 atom stereocenters. The van der Waals surface area contributed by atoms with Gasteiger partial charge in [0, 0.05) is 0 Å². The minimum atomic E-state index is -1.25. The molecule has 0 aromatic heterocycles. The SMILES string of the molecule is C=CCCC[C@@H](NC(=O)[C@H](CO)NC(=O)OCc1ccccc1)C(N)=O. The number of carbonyl (C=O) groups excluding carboxylic acids is 3. The van der Waals surface area contributed by atoms with Crippen molar-refractivity contribution in [1.82, 2.24) is 10.6 Å². The van der Waals surface area contributed by atoms with E-state index in [0.717, 1.165) is 5.56 Å². The molecule has 0 saturated carbocycles. The van der Waals surface area contributed by atoms with Gasteiger partial charge in [0.05, 0.1) is 6.61 Å². The molecule has 0 bridgehead atoms. The first-order valence-corrected chi connectivity index (χ1v) is 8.26. The van der Waals surface area contributed by atoms with Gasteiger partial charge in [-0.3, -0.25) is 9.59 Å². The molecule has 0 fully saturated rings. The number of benzene rings is 1. The molecule has 1 aromatic rings. The molecular formula is C18H25N3O5. The predicted molar refractivity (Wildman–Crippen MR) is 95.8 cm³/mol. The third-order valence-electron chi connectivity index (χ3n) is 3.56. The van der Waals surface area contributed by atoms with Crippen LogP contribution >= 0.6 is 0 Å². The Labute approximate surface area is 152 Å². The van der Waals surface area contributed by atoms with E-state index >= 15 is 0 Å². The van der Waals surface area contributed by atoms with Gasteiger partial charge in [-0.1, -0.05) is 36.4 Å². The molecule has 0 radical (unpaired) electrons. The van der Waals surface area contributed by atoms with Crippen LogP contribution in [0.2, 0.25) is 0 Å². The van der Waals surface area contributed by atoms with Crippen LogP contribution in [-0.4, -0.2) is 41.7 Å². The fraction of sp³-hybridized carbons (Fsp3) is 0.389. The fourth-order valence-electron chi connectivity index (χ4n) is 2.13. The second kappa shape index (κ2) is 11.6. The Hall–Kier alpha value is -2.87. The van der Waals surface area contributed by atoms with Gasteiger partial charge in [-0.2, -0.15) is 0 Å². The molecule has 0 aliphatic carbocycles. The molecule has 8 heteroatoms. The minimum Gasteiger partial charge on any atom is -0.445 e. The number of hydrogen-bond acceptors (Lipinski definition) is 5. The number of aliphatic hydroxyl groups is 1. The van der Waals surface area contributed by atoms with Crippen LogP contribution < -0.4 is 16.4 Å². The quantitative estimate of drug-likeness (QED) is 0.338. The summed E-state index contributed by atoms with van der Waals surface area (Å²) in [6.07, 6.45) is 2.47. The molecule has 1 aromatic carbocycles. The zero-order valence-electron chi connectivity index (χ0n) is 14.5. The lowest BCUT2D eigenvalue weighted by Crippen LogP contribution is -2.54. The van der Waals surface area contributed by atoms with E-state index in [0.29, 0.717) is 19.3 Å². The largest absolute Gasteiger partial charge is 0.445 e. The first-order valence-electron chi connectivity index (χ1n) is 8.26. The van der Waals surface area contributed by atoms with E-state index in [1.807, 2.05) is 6.07 Å². The van der Waals surface area contributed by atoms with E-state index in [2.05, 4.69) is 17.2 Å². The van der Waals surface area contributed by atoms with Crippen LogP contribution in [-0.2, 0) is 20.9 Å². The van der Waals surface area contributed by atoms with Gasteiger partial charge in [-0.05, 0) is 24.8 Å². The van der Waals surface area contributed by atoms with Gasteiger partial charge in [0.15, 0.2) is 0 Å². The summed E-state index contributed by atoms with van der Waals surface area (Å²) in [5.74, 6) is -1.41. The molecule has 0 spiro atoms. The lowest BCUT2D eigenvalue weighted by atomic mass is 10.1. The molecule has 142 valence electrons. The zero-order valence-corrected chi connectivity index (χ0v) is 14.5. The van der Waals surface area contributed by atoms with Gasteiger partial charge in [0.25, 0.3) is 0 Å². The summed E-state index contributed by atoms with van der Waals surface area (Å²) in [4.78, 5) is 35.4. The van der Waals surface area contributed by atoms with Crippen LogP contribution in [0.4, 0.5) is 4.79 Å². The van der Waals surface area contributed by atoms with Gasteiger partial charge in [0.1, 0.15) is 18.7 Å². The highest BCUT2D eigenvalue weighted by Gasteiger charge is 2.25. The van der Waals surface area contributed by atoms with Crippen molar-refractivity contribution >= 4 is 17.9 Å². The fourth-order valence-corrected chi connectivity index (χ4v) is 2.13. The number of allylic oxidation sites excluding steroid dienone is 1. The summed E-state index contributed by atoms with van der Waals surface area (Å²) in [6.45, 7) is 2.96. The summed E-state index contributed by atoms with van der Waals surface area (Å²) in [5.41, 5.74) is 6.05. The first kappa shape index (κ1) is 21.2. The van der Waals surface area contributed by atoms with Crippen molar-refractivity contribution in [3.63, 3.8) is 0 Å². The average molecular weight is 363 g/mol. The number of unbranched alkanes of at least 4 members (excludes halogenated alkanes) is 1. The van der Waals surface area contributed by atoms with Crippen molar-refractivity contribution in [1.29, 1.82) is 0 Å². The predicted octanol–water partition coefficient (Wildman–Crippen LogP) is 0.600.